The van der Waals surface area contributed by atoms with Crippen molar-refractivity contribution in [1.82, 2.24) is 4.98 Å². The molecule has 3 aromatic rings. The molecule has 1 atom stereocenters. The van der Waals surface area contributed by atoms with Crippen molar-refractivity contribution in [2.45, 2.75) is 17.9 Å². The number of rotatable bonds is 4. The number of para-hydroxylation sites is 1. The predicted octanol–water partition coefficient (Wildman–Crippen LogP) is 4.34. The van der Waals surface area contributed by atoms with Crippen LogP contribution in [0.2, 0.25) is 0 Å². The third-order valence-corrected chi connectivity index (χ3v) is 4.87. The maximum absolute atomic E-state index is 6.40. The van der Waals surface area contributed by atoms with Gasteiger partial charge in [-0.05, 0) is 30.2 Å². The zero-order chi connectivity index (χ0) is 14.7. The Morgan fingerprint density at radius 2 is 1.86 bits per heavy atom. The van der Waals surface area contributed by atoms with Crippen molar-refractivity contribution in [1.29, 1.82) is 0 Å². The summed E-state index contributed by atoms with van der Waals surface area (Å²) in [6.07, 6.45) is 1.83. The van der Waals surface area contributed by atoms with Crippen molar-refractivity contribution in [3.63, 3.8) is 0 Å². The van der Waals surface area contributed by atoms with E-state index in [1.54, 1.807) is 11.8 Å². The molecule has 2 N–H and O–H groups in total. The van der Waals surface area contributed by atoms with Crippen LogP contribution in [0.3, 0.4) is 0 Å². The van der Waals surface area contributed by atoms with E-state index in [1.165, 1.54) is 10.5 Å². The third kappa shape index (κ3) is 3.09. The monoisotopic (exact) mass is 294 g/mol. The number of nitrogens with two attached hydrogens (primary N) is 1. The van der Waals surface area contributed by atoms with E-state index in [9.17, 15) is 0 Å². The molecule has 106 valence electrons. The Hall–Kier alpha value is -1.84. The number of aromatic nitrogens is 1. The number of pyridine rings is 1. The van der Waals surface area contributed by atoms with Crippen LogP contribution in [0.4, 0.5) is 0 Å². The Balaban J connectivity index is 1.81. The summed E-state index contributed by atoms with van der Waals surface area (Å²) in [4.78, 5) is 5.78. The second kappa shape index (κ2) is 6.29. The van der Waals surface area contributed by atoms with Crippen molar-refractivity contribution < 1.29 is 0 Å². The first-order valence-electron chi connectivity index (χ1n) is 7.03. The van der Waals surface area contributed by atoms with Gasteiger partial charge in [-0.2, -0.15) is 0 Å². The fourth-order valence-electron chi connectivity index (χ4n) is 2.41. The number of hydrogen-bond acceptors (Lipinski definition) is 3. The van der Waals surface area contributed by atoms with Crippen LogP contribution in [0.1, 0.15) is 17.2 Å². The molecule has 1 aromatic heterocycles. The molecule has 0 aliphatic rings. The number of hydrogen-bond donors (Lipinski definition) is 1. The van der Waals surface area contributed by atoms with Crippen molar-refractivity contribution in [2.75, 3.05) is 5.75 Å². The van der Waals surface area contributed by atoms with Gasteiger partial charge in [0.25, 0.3) is 0 Å². The van der Waals surface area contributed by atoms with Crippen LogP contribution in [0.15, 0.2) is 65.7 Å². The van der Waals surface area contributed by atoms with E-state index in [1.807, 2.05) is 12.3 Å². The average molecular weight is 294 g/mol. The Kier molecular flexibility index (Phi) is 4.23. The van der Waals surface area contributed by atoms with E-state index >= 15 is 0 Å². The van der Waals surface area contributed by atoms with E-state index in [-0.39, 0.29) is 6.04 Å². The summed E-state index contributed by atoms with van der Waals surface area (Å²) >= 11 is 1.81. The molecule has 1 unspecified atom stereocenters. The van der Waals surface area contributed by atoms with E-state index in [4.69, 9.17) is 5.73 Å². The second-order valence-corrected chi connectivity index (χ2v) is 6.17. The SMILES string of the molecule is Cc1ccccc1SCC(N)c1cccc2cccnc12. The fraction of sp³-hybridized carbons (Fsp3) is 0.167. The lowest BCUT2D eigenvalue weighted by molar-refractivity contribution is 0.837. The molecule has 0 radical (unpaired) electrons. The van der Waals surface area contributed by atoms with Gasteiger partial charge in [-0.25, -0.2) is 0 Å². The van der Waals surface area contributed by atoms with Crippen LogP contribution in [-0.4, -0.2) is 10.7 Å². The van der Waals surface area contributed by atoms with Crippen molar-refractivity contribution in [3.8, 4) is 0 Å². The smallest absolute Gasteiger partial charge is 0.0749 e. The van der Waals surface area contributed by atoms with Crippen LogP contribution in [0.5, 0.6) is 0 Å². The number of nitrogens with zero attached hydrogens (tertiary/aromatic N) is 1. The molecule has 2 nitrogen and oxygen atoms in total. The highest BCUT2D eigenvalue weighted by atomic mass is 32.2. The van der Waals surface area contributed by atoms with Crippen molar-refractivity contribution in [3.05, 3.63) is 71.9 Å². The van der Waals surface area contributed by atoms with Gasteiger partial charge in [0.1, 0.15) is 0 Å². The minimum Gasteiger partial charge on any atom is -0.323 e. The molecule has 0 saturated heterocycles. The zero-order valence-corrected chi connectivity index (χ0v) is 12.8. The van der Waals surface area contributed by atoms with Crippen molar-refractivity contribution in [2.24, 2.45) is 5.73 Å². The molecule has 0 aliphatic heterocycles. The van der Waals surface area contributed by atoms with Gasteiger partial charge in [-0.1, -0.05) is 42.5 Å². The van der Waals surface area contributed by atoms with Gasteiger partial charge in [0.05, 0.1) is 5.52 Å². The highest BCUT2D eigenvalue weighted by molar-refractivity contribution is 7.99. The number of aryl methyl sites for hydroxylation is 1. The molecule has 0 spiro atoms. The second-order valence-electron chi connectivity index (χ2n) is 5.11. The molecule has 0 bridgehead atoms. The largest absolute Gasteiger partial charge is 0.323 e. The first kappa shape index (κ1) is 14.1. The standard InChI is InChI=1S/C18H18N2S/c1-13-6-2-3-10-17(13)21-12-16(19)15-9-4-7-14-8-5-11-20-18(14)15/h2-11,16H,12,19H2,1H3. The predicted molar refractivity (Wildman–Crippen MR) is 90.6 cm³/mol. The Labute approximate surface area is 129 Å². The molecule has 0 fully saturated rings. The normalized spacial score (nSPS) is 12.5. The minimum atomic E-state index is -0.0202. The van der Waals surface area contributed by atoms with Crippen LogP contribution in [-0.2, 0) is 0 Å². The molecule has 3 rings (SSSR count). The summed E-state index contributed by atoms with van der Waals surface area (Å²) in [5.74, 6) is 0.848. The van der Waals surface area contributed by atoms with Gasteiger partial charge in [-0.15, -0.1) is 11.8 Å². The molecule has 21 heavy (non-hydrogen) atoms. The third-order valence-electron chi connectivity index (χ3n) is 3.58. The summed E-state index contributed by atoms with van der Waals surface area (Å²) in [5, 5.41) is 1.14. The van der Waals surface area contributed by atoms with Gasteiger partial charge in [0, 0.05) is 28.3 Å². The van der Waals surface area contributed by atoms with Gasteiger partial charge < -0.3 is 5.73 Å². The van der Waals surface area contributed by atoms with E-state index in [0.717, 1.165) is 22.2 Å². The summed E-state index contributed by atoms with van der Waals surface area (Å²) in [6.45, 7) is 2.13. The molecule has 0 aliphatic carbocycles. The number of thioether (sulfide) groups is 1. The highest BCUT2D eigenvalue weighted by Gasteiger charge is 2.11. The molecule has 0 saturated carbocycles. The first-order chi connectivity index (χ1) is 10.3. The highest BCUT2D eigenvalue weighted by Crippen LogP contribution is 2.28. The molecule has 2 aromatic carbocycles. The zero-order valence-electron chi connectivity index (χ0n) is 12.0. The fourth-order valence-corrected chi connectivity index (χ4v) is 3.42. The van der Waals surface area contributed by atoms with Crippen molar-refractivity contribution >= 4 is 22.7 Å². The number of benzene rings is 2. The summed E-state index contributed by atoms with van der Waals surface area (Å²) < 4.78 is 0. The molecular weight excluding hydrogens is 276 g/mol. The molecular formula is C18H18N2S. The molecule has 1 heterocycles. The summed E-state index contributed by atoms with van der Waals surface area (Å²) in [7, 11) is 0. The van der Waals surface area contributed by atoms with E-state index in [0.29, 0.717) is 0 Å². The van der Waals surface area contributed by atoms with E-state index < -0.39 is 0 Å². The maximum atomic E-state index is 6.40. The summed E-state index contributed by atoms with van der Waals surface area (Å²) in [5.41, 5.74) is 9.83. The quantitative estimate of drug-likeness (QED) is 0.728. The van der Waals surface area contributed by atoms with Crippen LogP contribution in [0.25, 0.3) is 10.9 Å². The topological polar surface area (TPSA) is 38.9 Å². The minimum absolute atomic E-state index is 0.0202. The first-order valence-corrected chi connectivity index (χ1v) is 8.02. The van der Waals surface area contributed by atoms with Gasteiger partial charge in [0.2, 0.25) is 0 Å². The van der Waals surface area contributed by atoms with Gasteiger partial charge in [0.15, 0.2) is 0 Å². The lowest BCUT2D eigenvalue weighted by Gasteiger charge is -2.14. The van der Waals surface area contributed by atoms with E-state index in [2.05, 4.69) is 60.4 Å². The summed E-state index contributed by atoms with van der Waals surface area (Å²) in [6, 6.07) is 18.6. The van der Waals surface area contributed by atoms with Gasteiger partial charge >= 0.3 is 0 Å². The Bertz CT molecular complexity index is 750. The Morgan fingerprint density at radius 3 is 2.71 bits per heavy atom. The molecule has 0 amide bonds. The van der Waals surface area contributed by atoms with Gasteiger partial charge in [-0.3, -0.25) is 4.98 Å². The Morgan fingerprint density at radius 1 is 1.05 bits per heavy atom. The lowest BCUT2D eigenvalue weighted by atomic mass is 10.0. The molecule has 3 heteroatoms. The lowest BCUT2D eigenvalue weighted by Crippen LogP contribution is -2.13. The number of fused-ring (bicyclic) bond motifs is 1. The van der Waals surface area contributed by atoms with Crippen LogP contribution in [0, 0.1) is 6.92 Å². The average Bonchev–Trinajstić information content (AvgIpc) is 2.53. The van der Waals surface area contributed by atoms with Crippen LogP contribution < -0.4 is 5.73 Å². The maximum Gasteiger partial charge on any atom is 0.0749 e. The van der Waals surface area contributed by atoms with Crippen LogP contribution >= 0.6 is 11.8 Å².